The minimum Gasteiger partial charge on any atom is -0.382 e. The largest absolute Gasteiger partial charge is 0.397 e. The van der Waals surface area contributed by atoms with E-state index in [0.717, 1.165) is 53.2 Å². The number of methoxy groups -OCH3 is 1. The lowest BCUT2D eigenvalue weighted by Gasteiger charge is -2.54. The van der Waals surface area contributed by atoms with Gasteiger partial charge in [-0.05, 0) is 132 Å². The maximum atomic E-state index is 15.9. The topological polar surface area (TPSA) is 289 Å². The molecule has 12 atom stereocenters. The van der Waals surface area contributed by atoms with Crippen LogP contribution in [0, 0.1) is 35.0 Å². The first kappa shape index (κ1) is 85.9. The molecule has 6 aliphatic carbocycles. The summed E-state index contributed by atoms with van der Waals surface area (Å²) in [5.74, 6) is -13.5. The molecule has 9 rings (SSSR count). The van der Waals surface area contributed by atoms with Gasteiger partial charge in [0.25, 0.3) is 0 Å². The average molecular weight is 1550 g/mol. The van der Waals surface area contributed by atoms with Gasteiger partial charge in [0.2, 0.25) is 70.9 Å². The van der Waals surface area contributed by atoms with Crippen LogP contribution in [0.1, 0.15) is 195 Å². The molecule has 3 aliphatic heterocycles. The van der Waals surface area contributed by atoms with Crippen LogP contribution in [0.15, 0.2) is 12.2 Å². The molecule has 2 saturated heterocycles. The number of halogens is 5. The number of nitrogens with one attached hydrogen (secondary N) is 3. The van der Waals surface area contributed by atoms with Crippen LogP contribution in [0.4, 0.5) is 22.0 Å². The van der Waals surface area contributed by atoms with Crippen molar-refractivity contribution in [2.75, 3.05) is 89.2 Å². The minimum atomic E-state index is -5.18. The van der Waals surface area contributed by atoms with Crippen LogP contribution in [-0.2, 0) is 67.0 Å². The molecule has 0 radical (unpaired) electrons. The van der Waals surface area contributed by atoms with E-state index in [1.165, 1.54) is 85.8 Å². The lowest BCUT2D eigenvalue weighted by Crippen LogP contribution is -2.71. The highest BCUT2D eigenvalue weighted by Gasteiger charge is 2.60. The van der Waals surface area contributed by atoms with Gasteiger partial charge in [0.1, 0.15) is 78.7 Å². The van der Waals surface area contributed by atoms with Crippen molar-refractivity contribution in [3.63, 3.8) is 0 Å². The van der Waals surface area contributed by atoms with Gasteiger partial charge in [-0.15, -0.1) is 0 Å². The van der Waals surface area contributed by atoms with Crippen molar-refractivity contribution < 1.29 is 89.0 Å². The zero-order valence-corrected chi connectivity index (χ0v) is 66.1. The normalized spacial score (nSPS) is 32.4. The van der Waals surface area contributed by atoms with Crippen LogP contribution in [-0.4, -0.2) is 295 Å². The van der Waals surface area contributed by atoms with Crippen LogP contribution < -0.4 is 16.0 Å². The van der Waals surface area contributed by atoms with Crippen LogP contribution in [0.5, 0.6) is 0 Å². The lowest BCUT2D eigenvalue weighted by atomic mass is 9.58. The third-order valence-corrected chi connectivity index (χ3v) is 25.2. The van der Waals surface area contributed by atoms with E-state index in [1.54, 1.807) is 13.0 Å². The Bertz CT molecular complexity index is 3310. The van der Waals surface area contributed by atoms with Gasteiger partial charge in [0.15, 0.2) is 0 Å². The molecule has 31 heteroatoms. The van der Waals surface area contributed by atoms with Gasteiger partial charge in [-0.1, -0.05) is 91.2 Å². The summed E-state index contributed by atoms with van der Waals surface area (Å²) in [7, 11) is 11.2. The van der Waals surface area contributed by atoms with Gasteiger partial charge in [-0.25, -0.2) is 8.78 Å². The number of hydrogen-bond donors (Lipinski definition) is 3. The van der Waals surface area contributed by atoms with Crippen molar-refractivity contribution in [1.29, 1.82) is 0 Å². The Morgan fingerprint density at radius 1 is 0.651 bits per heavy atom. The fourth-order valence-electron chi connectivity index (χ4n) is 18.4. The van der Waals surface area contributed by atoms with Crippen molar-refractivity contribution >= 4 is 70.9 Å². The summed E-state index contributed by atoms with van der Waals surface area (Å²) >= 11 is 0. The first-order valence-corrected chi connectivity index (χ1v) is 39.9. The van der Waals surface area contributed by atoms with E-state index in [9.17, 15) is 37.1 Å². The molecular formula is C78H121F5N12O14. The molecule has 0 aromatic heterocycles. The number of amides is 12. The van der Waals surface area contributed by atoms with E-state index < -0.39 is 217 Å². The van der Waals surface area contributed by atoms with Gasteiger partial charge in [0, 0.05) is 82.0 Å². The highest BCUT2D eigenvalue weighted by Crippen LogP contribution is 2.50. The molecule has 6 saturated carbocycles. The molecule has 3 N–H and O–H groups in total. The predicted molar refractivity (Wildman–Crippen MR) is 392 cm³/mol. The molecule has 1 spiro atoms. The summed E-state index contributed by atoms with van der Waals surface area (Å²) in [6.07, 6.45) is 0.233. The van der Waals surface area contributed by atoms with Crippen LogP contribution >= 0.6 is 0 Å². The number of carbonyl (C=O) groups is 12. The molecular weight excluding hydrogens is 1420 g/mol. The molecule has 2 bridgehead atoms. The van der Waals surface area contributed by atoms with E-state index >= 15 is 42.3 Å². The molecule has 2 unspecified atom stereocenters. The van der Waals surface area contributed by atoms with E-state index in [0.29, 0.717) is 64.2 Å². The van der Waals surface area contributed by atoms with Gasteiger partial charge in [0.05, 0.1) is 31.8 Å². The van der Waals surface area contributed by atoms with Gasteiger partial charge < -0.3 is 69.5 Å². The molecule has 9 aliphatic rings. The van der Waals surface area contributed by atoms with Gasteiger partial charge >= 0.3 is 6.18 Å². The summed E-state index contributed by atoms with van der Waals surface area (Å²) in [5.41, 5.74) is -2.29. The second kappa shape index (κ2) is 36.6. The van der Waals surface area contributed by atoms with Crippen LogP contribution in [0.3, 0.4) is 0 Å². The number of rotatable bonds is 14. The molecule has 109 heavy (non-hydrogen) atoms. The summed E-state index contributed by atoms with van der Waals surface area (Å²) in [6.45, 7) is 5.59. The zero-order valence-electron chi connectivity index (χ0n) is 66.1. The fraction of sp³-hybridized carbons (Fsp3) is 0.821. The van der Waals surface area contributed by atoms with E-state index in [4.69, 9.17) is 9.47 Å². The van der Waals surface area contributed by atoms with Crippen molar-refractivity contribution in [3.8, 4) is 0 Å². The van der Waals surface area contributed by atoms with Gasteiger partial charge in [-0.3, -0.25) is 57.5 Å². The maximum Gasteiger partial charge on any atom is 0.397 e. The molecule has 8 fully saturated rings. The molecule has 12 amide bonds. The summed E-state index contributed by atoms with van der Waals surface area (Å²) in [6, 6.07) is -11.3. The van der Waals surface area contributed by atoms with Crippen molar-refractivity contribution in [2.45, 2.75) is 285 Å². The molecule has 3 heterocycles. The smallest absolute Gasteiger partial charge is 0.382 e. The number of nitrogens with zero attached hydrogens (tertiary/aromatic N) is 9. The van der Waals surface area contributed by atoms with E-state index in [-0.39, 0.29) is 76.7 Å². The third kappa shape index (κ3) is 20.4. The Hall–Kier alpha value is -7.05. The SMILES string of the molecule is CC[C@H](C)[C@@H]1NC(=O)[C@H](COC)N(C)C(=O)C[C@@H](C(=O)N(C)C)N(C)C(=O)[C@H](C2CCCC2)N(C)C(=O)C2(CC(C)(C)C2)NC(=O)[C@@H]2C[C@@H](OC3CCC3)CN2C(=O)[C@H](CCC2CC(F)C(C(F)(F)F)C(F)C2)NC(=O)CN(C)C(=O)[C@H](CC2CCCCC2)N2CC/C=C\C[C@@H](C2=O)N(C)C(=O)CN(C2CC2)C1=O. The molecule has 612 valence electrons. The zero-order chi connectivity index (χ0) is 79.9. The molecule has 0 aromatic rings. The Morgan fingerprint density at radius 3 is 1.87 bits per heavy atom. The van der Waals surface area contributed by atoms with E-state index in [1.807, 2.05) is 26.8 Å². The number of fused-ring (bicyclic) bond motifs is 3. The highest BCUT2D eigenvalue weighted by atomic mass is 19.4. The Labute approximate surface area is 639 Å². The second-order valence-electron chi connectivity index (χ2n) is 34.1. The third-order valence-electron chi connectivity index (χ3n) is 25.2. The predicted octanol–water partition coefficient (Wildman–Crippen LogP) is 5.86. The summed E-state index contributed by atoms with van der Waals surface area (Å²) < 4.78 is 85.4. The number of carbonyl (C=O) groups excluding carboxylic acids is 12. The fourth-order valence-corrected chi connectivity index (χ4v) is 18.4. The van der Waals surface area contributed by atoms with Gasteiger partial charge in [-0.2, -0.15) is 13.2 Å². The lowest BCUT2D eigenvalue weighted by molar-refractivity contribution is -0.219. The minimum absolute atomic E-state index is 0.0203. The Balaban J connectivity index is 1.12. The first-order chi connectivity index (χ1) is 51.4. The van der Waals surface area contributed by atoms with Crippen molar-refractivity contribution in [3.05, 3.63) is 12.2 Å². The number of likely N-dealkylation sites (N-methyl/N-ethyl adjacent to an activating group) is 6. The first-order valence-electron chi connectivity index (χ1n) is 39.9. The standard InChI is InChI=1S/C78H121F5N12O14/c1-13-46(2)65-73(105)94(50-31-32-50)42-63(98)89(8)56-29-18-15-21-34-93(72(56)104)59(37-47-23-16-14-17-24-47)71(103)88(7)41-61(96)84-55(33-30-48-35-53(79)64(54(80)36-48)78(81,82)83)69(101)95-40-52(109-51-27-22-28-51)38-57(95)68(100)86-77(44-76(3,4)45-77)75(107)92(11)66(49-25-19-20-26-49)74(106)91(10)58(70(102)87(5)6)39-62(97)90(9)60(43-108-12)67(99)85-65/h15,18,46-60,64-66H,13-14,16-17,19-45H2,1-12H3,(H,84,96)(H,85,99)(H,86,100)/b18-15-/t46-,48?,52+,53?,54?,55-,56-,57-,58-,59-,60-,64?,65-,66-/m0/s1. The van der Waals surface area contributed by atoms with E-state index in [2.05, 4.69) is 16.0 Å². The van der Waals surface area contributed by atoms with Crippen LogP contribution in [0.2, 0.25) is 0 Å². The second-order valence-corrected chi connectivity index (χ2v) is 34.1. The number of alkyl halides is 5. The summed E-state index contributed by atoms with van der Waals surface area (Å²) in [4.78, 5) is 195. The quantitative estimate of drug-likeness (QED) is 0.136. The monoisotopic (exact) mass is 1540 g/mol. The summed E-state index contributed by atoms with van der Waals surface area (Å²) in [5, 5.41) is 8.71. The van der Waals surface area contributed by atoms with Crippen LogP contribution in [0.25, 0.3) is 0 Å². The van der Waals surface area contributed by atoms with Crippen molar-refractivity contribution in [2.24, 2.45) is 35.0 Å². The Kier molecular flexibility index (Phi) is 28.9. The maximum absolute atomic E-state index is 15.9. The molecule has 0 aromatic carbocycles. The average Bonchev–Trinajstić information content (AvgIpc) is 1.50. The van der Waals surface area contributed by atoms with Crippen molar-refractivity contribution in [1.82, 2.24) is 60.0 Å². The molecule has 26 nitrogen and oxygen atoms in total. The highest BCUT2D eigenvalue weighted by molar-refractivity contribution is 6.01. The number of hydrogen-bond acceptors (Lipinski definition) is 14. The Morgan fingerprint density at radius 2 is 1.29 bits per heavy atom. The number of ether oxygens (including phenoxy) is 2.